The van der Waals surface area contributed by atoms with E-state index in [0.717, 1.165) is 25.0 Å². The van der Waals surface area contributed by atoms with E-state index in [0.29, 0.717) is 12.5 Å². The lowest BCUT2D eigenvalue weighted by Gasteiger charge is -2.14. The van der Waals surface area contributed by atoms with Gasteiger partial charge in [0.25, 0.3) is 5.91 Å². The topological polar surface area (TPSA) is 84.2 Å². The predicted molar refractivity (Wildman–Crippen MR) is 84.7 cm³/mol. The van der Waals surface area contributed by atoms with E-state index in [1.165, 1.54) is 12.1 Å². The quantitative estimate of drug-likeness (QED) is 0.717. The van der Waals surface area contributed by atoms with Gasteiger partial charge in [-0.1, -0.05) is 12.1 Å². The van der Waals surface area contributed by atoms with Crippen LogP contribution in [0.25, 0.3) is 0 Å². The van der Waals surface area contributed by atoms with E-state index >= 15 is 0 Å². The summed E-state index contributed by atoms with van der Waals surface area (Å²) in [5.74, 6) is -1.01. The van der Waals surface area contributed by atoms with Gasteiger partial charge in [-0.05, 0) is 30.9 Å². The summed E-state index contributed by atoms with van der Waals surface area (Å²) in [6.45, 7) is -0.110. The summed E-state index contributed by atoms with van der Waals surface area (Å²) in [7, 11) is 0. The summed E-state index contributed by atoms with van der Waals surface area (Å²) in [4.78, 5) is 23.5. The molecule has 5 nitrogen and oxygen atoms in total. The number of hydrogen-bond acceptors (Lipinski definition) is 3. The molecule has 0 bridgehead atoms. The molecule has 1 aromatic rings. The van der Waals surface area contributed by atoms with Crippen molar-refractivity contribution in [2.24, 2.45) is 11.7 Å². The van der Waals surface area contributed by atoms with Crippen LogP contribution in [0.4, 0.5) is 13.2 Å². The van der Waals surface area contributed by atoms with Crippen LogP contribution in [0.3, 0.4) is 0 Å². The van der Waals surface area contributed by atoms with Gasteiger partial charge in [-0.3, -0.25) is 9.59 Å². The van der Waals surface area contributed by atoms with Crippen molar-refractivity contribution in [1.82, 2.24) is 10.6 Å². The second-order valence-corrected chi connectivity index (χ2v) is 5.53. The van der Waals surface area contributed by atoms with Crippen LogP contribution in [0.2, 0.25) is 0 Å². The number of hydrogen-bond donors (Lipinski definition) is 3. The van der Waals surface area contributed by atoms with E-state index in [1.807, 2.05) is 0 Å². The Hall–Kier alpha value is -1.80. The Bertz CT molecular complexity index is 592. The molecular weight excluding hydrogens is 347 g/mol. The van der Waals surface area contributed by atoms with Crippen molar-refractivity contribution in [3.05, 3.63) is 35.4 Å². The minimum atomic E-state index is -4.63. The first kappa shape index (κ1) is 20.2. The van der Waals surface area contributed by atoms with E-state index in [-0.39, 0.29) is 18.4 Å². The fourth-order valence-electron chi connectivity index (χ4n) is 2.17. The number of carbonyl (C=O) groups is 2. The maximum Gasteiger partial charge on any atom is 0.417 e. The number of halogens is 4. The third-order valence-electron chi connectivity index (χ3n) is 3.65. The molecule has 1 atom stereocenters. The third-order valence-corrected chi connectivity index (χ3v) is 3.65. The Morgan fingerprint density at radius 1 is 1.21 bits per heavy atom. The van der Waals surface area contributed by atoms with Gasteiger partial charge in [0, 0.05) is 12.6 Å². The van der Waals surface area contributed by atoms with Crippen LogP contribution < -0.4 is 16.4 Å². The van der Waals surface area contributed by atoms with Crippen LogP contribution >= 0.6 is 12.4 Å². The van der Waals surface area contributed by atoms with Gasteiger partial charge < -0.3 is 16.4 Å². The average Bonchev–Trinajstić information content (AvgIpc) is 3.34. The van der Waals surface area contributed by atoms with Crippen molar-refractivity contribution in [3.63, 3.8) is 0 Å². The standard InChI is InChI=1S/C15H18F3N3O2.ClH/c16-15(17,18)11-4-2-1-3-10(11)14(23)21-8-13(22)20-7-12(19)9-5-6-9;/h1-4,9,12H,5-8,19H2,(H,20,22)(H,21,23);1H. The van der Waals surface area contributed by atoms with Gasteiger partial charge in [0.1, 0.15) is 0 Å². The van der Waals surface area contributed by atoms with Crippen LogP contribution in [0, 0.1) is 5.92 Å². The summed E-state index contributed by atoms with van der Waals surface area (Å²) < 4.78 is 38.5. The van der Waals surface area contributed by atoms with E-state index in [4.69, 9.17) is 5.73 Å². The van der Waals surface area contributed by atoms with Crippen LogP contribution in [-0.4, -0.2) is 30.9 Å². The Kier molecular flexibility index (Phi) is 7.04. The van der Waals surface area contributed by atoms with Gasteiger partial charge in [-0.25, -0.2) is 0 Å². The first-order chi connectivity index (χ1) is 10.8. The molecule has 9 heteroatoms. The Balaban J connectivity index is 0.00000288. The van der Waals surface area contributed by atoms with Gasteiger partial charge in [0.05, 0.1) is 17.7 Å². The van der Waals surface area contributed by atoms with Crippen LogP contribution in [0.5, 0.6) is 0 Å². The zero-order valence-corrected chi connectivity index (χ0v) is 13.5. The van der Waals surface area contributed by atoms with Crippen LogP contribution in [0.15, 0.2) is 24.3 Å². The molecule has 1 unspecified atom stereocenters. The fourth-order valence-corrected chi connectivity index (χ4v) is 2.17. The Morgan fingerprint density at radius 3 is 2.42 bits per heavy atom. The summed E-state index contributed by atoms with van der Waals surface area (Å²) in [5.41, 5.74) is 4.27. The number of alkyl halides is 3. The maximum absolute atomic E-state index is 12.8. The van der Waals surface area contributed by atoms with Gasteiger partial charge in [-0.15, -0.1) is 12.4 Å². The molecule has 0 heterocycles. The zero-order valence-electron chi connectivity index (χ0n) is 12.7. The van der Waals surface area contributed by atoms with Crippen molar-refractivity contribution in [2.45, 2.75) is 25.1 Å². The normalized spacial score (nSPS) is 15.2. The molecule has 0 radical (unpaired) electrons. The average molecular weight is 366 g/mol. The van der Waals surface area contributed by atoms with Gasteiger partial charge in [0.2, 0.25) is 5.91 Å². The molecule has 1 saturated carbocycles. The first-order valence-electron chi connectivity index (χ1n) is 7.25. The molecule has 4 N–H and O–H groups in total. The smallest absolute Gasteiger partial charge is 0.353 e. The number of amides is 2. The predicted octanol–water partition coefficient (Wildman–Crippen LogP) is 1.71. The van der Waals surface area contributed by atoms with E-state index in [9.17, 15) is 22.8 Å². The first-order valence-corrected chi connectivity index (χ1v) is 7.25. The highest BCUT2D eigenvalue weighted by atomic mass is 35.5. The van der Waals surface area contributed by atoms with Crippen LogP contribution in [-0.2, 0) is 11.0 Å². The number of benzene rings is 1. The summed E-state index contributed by atoms with van der Waals surface area (Å²) >= 11 is 0. The number of nitrogens with two attached hydrogens (primary N) is 1. The highest BCUT2D eigenvalue weighted by molar-refractivity contribution is 5.97. The molecule has 1 aliphatic rings. The summed E-state index contributed by atoms with van der Waals surface area (Å²) in [6, 6.07) is 4.30. The molecule has 2 amide bonds. The van der Waals surface area contributed by atoms with Crippen molar-refractivity contribution >= 4 is 24.2 Å². The van der Waals surface area contributed by atoms with Crippen molar-refractivity contribution in [2.75, 3.05) is 13.1 Å². The SMILES string of the molecule is Cl.NC(CNC(=O)CNC(=O)c1ccccc1C(F)(F)F)C1CC1. The fraction of sp³-hybridized carbons (Fsp3) is 0.467. The highest BCUT2D eigenvalue weighted by Gasteiger charge is 2.34. The molecule has 1 fully saturated rings. The Labute approximate surface area is 143 Å². The minimum Gasteiger partial charge on any atom is -0.353 e. The maximum atomic E-state index is 12.8. The molecule has 134 valence electrons. The minimum absolute atomic E-state index is 0. The molecule has 0 spiro atoms. The van der Waals surface area contributed by atoms with Crippen molar-refractivity contribution in [3.8, 4) is 0 Å². The Morgan fingerprint density at radius 2 is 1.83 bits per heavy atom. The van der Waals surface area contributed by atoms with Crippen molar-refractivity contribution < 1.29 is 22.8 Å². The molecule has 0 saturated heterocycles. The summed E-state index contributed by atoms with van der Waals surface area (Å²) in [5, 5.41) is 4.74. The molecule has 0 aliphatic heterocycles. The lowest BCUT2D eigenvalue weighted by atomic mass is 10.1. The largest absolute Gasteiger partial charge is 0.417 e. The second-order valence-electron chi connectivity index (χ2n) is 5.53. The summed E-state index contributed by atoms with van der Waals surface area (Å²) in [6.07, 6.45) is -2.54. The van der Waals surface area contributed by atoms with Crippen molar-refractivity contribution in [1.29, 1.82) is 0 Å². The monoisotopic (exact) mass is 365 g/mol. The number of nitrogens with one attached hydrogen (secondary N) is 2. The van der Waals surface area contributed by atoms with Gasteiger partial charge in [-0.2, -0.15) is 13.2 Å². The third kappa shape index (κ3) is 5.68. The molecule has 1 aromatic carbocycles. The molecule has 1 aliphatic carbocycles. The van der Waals surface area contributed by atoms with E-state index < -0.39 is 35.7 Å². The second kappa shape index (κ2) is 8.34. The van der Waals surface area contributed by atoms with Gasteiger partial charge >= 0.3 is 6.18 Å². The molecule has 24 heavy (non-hydrogen) atoms. The highest BCUT2D eigenvalue weighted by Crippen LogP contribution is 2.32. The van der Waals surface area contributed by atoms with Gasteiger partial charge in [0.15, 0.2) is 0 Å². The number of rotatable bonds is 6. The number of carbonyl (C=O) groups excluding carboxylic acids is 2. The lowest BCUT2D eigenvalue weighted by Crippen LogP contribution is -2.43. The van der Waals surface area contributed by atoms with E-state index in [1.54, 1.807) is 0 Å². The molecule has 0 aromatic heterocycles. The molecule has 2 rings (SSSR count). The molecular formula is C15H19ClF3N3O2. The zero-order chi connectivity index (χ0) is 17.0. The lowest BCUT2D eigenvalue weighted by molar-refractivity contribution is -0.137. The van der Waals surface area contributed by atoms with Crippen LogP contribution in [0.1, 0.15) is 28.8 Å². The van der Waals surface area contributed by atoms with E-state index in [2.05, 4.69) is 10.6 Å².